The van der Waals surface area contributed by atoms with Crippen LogP contribution in [-0.4, -0.2) is 17.0 Å². The Morgan fingerprint density at radius 2 is 2.10 bits per heavy atom. The minimum atomic E-state index is -0.111. The quantitative estimate of drug-likeness (QED) is 0.862. The van der Waals surface area contributed by atoms with Crippen LogP contribution < -0.4 is 4.90 Å². The van der Waals surface area contributed by atoms with Crippen molar-refractivity contribution >= 4 is 27.5 Å². The molecule has 5 heteroatoms. The molecule has 0 bridgehead atoms. The van der Waals surface area contributed by atoms with Gasteiger partial charge in [0, 0.05) is 29.9 Å². The number of anilines is 1. The highest BCUT2D eigenvalue weighted by Crippen LogP contribution is 2.20. The second-order valence-corrected chi connectivity index (χ2v) is 5.27. The first kappa shape index (κ1) is 14.4. The van der Waals surface area contributed by atoms with Gasteiger partial charge in [0.2, 0.25) is 0 Å². The molecule has 1 heterocycles. The molecule has 1 aromatic heterocycles. The Balaban J connectivity index is 2.34. The van der Waals surface area contributed by atoms with Crippen molar-refractivity contribution in [2.24, 2.45) is 7.05 Å². The van der Waals surface area contributed by atoms with E-state index in [0.29, 0.717) is 18.7 Å². The SMILES string of the molecule is Cn1cc(Br)cc1C(=O)N(CCC#N)c1ccccc1. The number of benzene rings is 1. The van der Waals surface area contributed by atoms with Crippen LogP contribution in [0.4, 0.5) is 5.69 Å². The highest BCUT2D eigenvalue weighted by atomic mass is 79.9. The zero-order valence-corrected chi connectivity index (χ0v) is 12.7. The molecular weight excluding hydrogens is 318 g/mol. The minimum Gasteiger partial charge on any atom is -0.345 e. The zero-order valence-electron chi connectivity index (χ0n) is 11.1. The van der Waals surface area contributed by atoms with Gasteiger partial charge >= 0.3 is 0 Å². The van der Waals surface area contributed by atoms with E-state index < -0.39 is 0 Å². The molecule has 2 aromatic rings. The zero-order chi connectivity index (χ0) is 14.5. The Morgan fingerprint density at radius 1 is 1.40 bits per heavy atom. The minimum absolute atomic E-state index is 0.111. The van der Waals surface area contributed by atoms with Gasteiger partial charge in [0.25, 0.3) is 5.91 Å². The molecule has 0 unspecified atom stereocenters. The van der Waals surface area contributed by atoms with E-state index in [1.165, 1.54) is 0 Å². The van der Waals surface area contributed by atoms with Crippen LogP contribution >= 0.6 is 15.9 Å². The van der Waals surface area contributed by atoms with Crippen molar-refractivity contribution in [3.63, 3.8) is 0 Å². The van der Waals surface area contributed by atoms with E-state index >= 15 is 0 Å². The van der Waals surface area contributed by atoms with E-state index in [0.717, 1.165) is 10.2 Å². The number of carbonyl (C=O) groups excluding carboxylic acids is 1. The van der Waals surface area contributed by atoms with Crippen LogP contribution in [0.2, 0.25) is 0 Å². The van der Waals surface area contributed by atoms with Crippen LogP contribution in [0.15, 0.2) is 47.1 Å². The number of aryl methyl sites for hydroxylation is 1. The summed E-state index contributed by atoms with van der Waals surface area (Å²) in [4.78, 5) is 14.3. The molecule has 2 rings (SSSR count). The number of hydrogen-bond acceptors (Lipinski definition) is 2. The van der Waals surface area contributed by atoms with E-state index in [4.69, 9.17) is 5.26 Å². The summed E-state index contributed by atoms with van der Waals surface area (Å²) < 4.78 is 2.63. The Bertz CT molecular complexity index is 643. The molecule has 0 spiro atoms. The summed E-state index contributed by atoms with van der Waals surface area (Å²) >= 11 is 3.37. The second-order valence-electron chi connectivity index (χ2n) is 4.35. The van der Waals surface area contributed by atoms with E-state index in [1.54, 1.807) is 15.5 Å². The van der Waals surface area contributed by atoms with Crippen LogP contribution in [0, 0.1) is 11.3 Å². The Morgan fingerprint density at radius 3 is 2.65 bits per heavy atom. The first-order valence-electron chi connectivity index (χ1n) is 6.19. The molecule has 0 atom stereocenters. The summed E-state index contributed by atoms with van der Waals surface area (Å²) in [6, 6.07) is 13.3. The molecule has 0 aliphatic heterocycles. The van der Waals surface area contributed by atoms with Gasteiger partial charge in [-0.15, -0.1) is 0 Å². The van der Waals surface area contributed by atoms with Crippen molar-refractivity contribution in [1.29, 1.82) is 5.26 Å². The number of halogens is 1. The maximum absolute atomic E-state index is 12.7. The maximum Gasteiger partial charge on any atom is 0.274 e. The lowest BCUT2D eigenvalue weighted by Gasteiger charge is -2.22. The van der Waals surface area contributed by atoms with Crippen molar-refractivity contribution in [2.75, 3.05) is 11.4 Å². The third kappa shape index (κ3) is 3.09. The van der Waals surface area contributed by atoms with Gasteiger partial charge in [-0.05, 0) is 34.1 Å². The Hall–Kier alpha value is -2.06. The Labute approximate surface area is 126 Å². The number of nitrogens with zero attached hydrogens (tertiary/aromatic N) is 3. The number of para-hydroxylation sites is 1. The monoisotopic (exact) mass is 331 g/mol. The normalized spacial score (nSPS) is 10.1. The van der Waals surface area contributed by atoms with Crippen LogP contribution in [-0.2, 0) is 7.05 Å². The first-order chi connectivity index (χ1) is 9.63. The van der Waals surface area contributed by atoms with Gasteiger partial charge in [-0.2, -0.15) is 5.26 Å². The number of hydrogen-bond donors (Lipinski definition) is 0. The van der Waals surface area contributed by atoms with Gasteiger partial charge in [-0.1, -0.05) is 18.2 Å². The molecule has 0 radical (unpaired) electrons. The van der Waals surface area contributed by atoms with Crippen LogP contribution in [0.5, 0.6) is 0 Å². The molecular formula is C15H14BrN3O. The van der Waals surface area contributed by atoms with Crippen molar-refractivity contribution in [3.05, 3.63) is 52.8 Å². The van der Waals surface area contributed by atoms with E-state index in [1.807, 2.05) is 43.6 Å². The lowest BCUT2D eigenvalue weighted by atomic mass is 10.2. The fourth-order valence-electron chi connectivity index (χ4n) is 1.99. The summed E-state index contributed by atoms with van der Waals surface area (Å²) in [5, 5.41) is 8.77. The van der Waals surface area contributed by atoms with E-state index in [-0.39, 0.29) is 5.91 Å². The van der Waals surface area contributed by atoms with Crippen molar-refractivity contribution in [2.45, 2.75) is 6.42 Å². The molecule has 0 aliphatic carbocycles. The number of amides is 1. The molecule has 20 heavy (non-hydrogen) atoms. The molecule has 1 aromatic carbocycles. The summed E-state index contributed by atoms with van der Waals surface area (Å²) in [5.74, 6) is -0.111. The predicted molar refractivity (Wildman–Crippen MR) is 81.5 cm³/mol. The van der Waals surface area contributed by atoms with Crippen LogP contribution in [0.25, 0.3) is 0 Å². The maximum atomic E-state index is 12.7. The predicted octanol–water partition coefficient (Wildman–Crippen LogP) is 3.35. The molecule has 102 valence electrons. The number of aromatic nitrogens is 1. The van der Waals surface area contributed by atoms with Crippen molar-refractivity contribution < 1.29 is 4.79 Å². The fraction of sp³-hybridized carbons (Fsp3) is 0.200. The molecule has 4 nitrogen and oxygen atoms in total. The highest BCUT2D eigenvalue weighted by Gasteiger charge is 2.20. The number of carbonyl (C=O) groups is 1. The van der Waals surface area contributed by atoms with Crippen LogP contribution in [0.1, 0.15) is 16.9 Å². The fourth-order valence-corrected chi connectivity index (χ4v) is 2.52. The molecule has 0 N–H and O–H groups in total. The molecule has 0 saturated carbocycles. The van der Waals surface area contributed by atoms with Gasteiger partial charge in [0.1, 0.15) is 5.69 Å². The molecule has 0 aliphatic rings. The topological polar surface area (TPSA) is 49.0 Å². The number of nitriles is 1. The summed E-state index contributed by atoms with van der Waals surface area (Å²) in [6.07, 6.45) is 2.13. The molecule has 0 saturated heterocycles. The van der Waals surface area contributed by atoms with Crippen molar-refractivity contribution in [3.8, 4) is 6.07 Å². The summed E-state index contributed by atoms with van der Waals surface area (Å²) in [7, 11) is 1.82. The highest BCUT2D eigenvalue weighted by molar-refractivity contribution is 9.10. The Kier molecular flexibility index (Phi) is 4.59. The standard InChI is InChI=1S/C15H14BrN3O/c1-18-11-12(16)10-14(18)15(20)19(9-5-8-17)13-6-3-2-4-7-13/h2-4,6-7,10-11H,5,9H2,1H3. The second kappa shape index (κ2) is 6.40. The lowest BCUT2D eigenvalue weighted by molar-refractivity contribution is 0.0979. The van der Waals surface area contributed by atoms with Gasteiger partial charge in [0.15, 0.2) is 0 Å². The molecule has 0 fully saturated rings. The number of rotatable bonds is 4. The summed E-state index contributed by atoms with van der Waals surface area (Å²) in [6.45, 7) is 0.377. The average molecular weight is 332 g/mol. The summed E-state index contributed by atoms with van der Waals surface area (Å²) in [5.41, 5.74) is 1.38. The van der Waals surface area contributed by atoms with Gasteiger partial charge in [-0.3, -0.25) is 4.79 Å². The largest absolute Gasteiger partial charge is 0.345 e. The third-order valence-corrected chi connectivity index (χ3v) is 3.38. The van der Waals surface area contributed by atoms with Crippen molar-refractivity contribution in [1.82, 2.24) is 4.57 Å². The van der Waals surface area contributed by atoms with E-state index in [9.17, 15) is 4.79 Å². The van der Waals surface area contributed by atoms with Gasteiger partial charge < -0.3 is 9.47 Å². The van der Waals surface area contributed by atoms with Gasteiger partial charge in [-0.25, -0.2) is 0 Å². The lowest BCUT2D eigenvalue weighted by Crippen LogP contribution is -2.33. The first-order valence-corrected chi connectivity index (χ1v) is 6.98. The van der Waals surface area contributed by atoms with Crippen LogP contribution in [0.3, 0.4) is 0 Å². The molecule has 1 amide bonds. The third-order valence-electron chi connectivity index (χ3n) is 2.95. The van der Waals surface area contributed by atoms with Gasteiger partial charge in [0.05, 0.1) is 12.5 Å². The van der Waals surface area contributed by atoms with E-state index in [2.05, 4.69) is 22.0 Å². The average Bonchev–Trinajstić information content (AvgIpc) is 2.79. The smallest absolute Gasteiger partial charge is 0.274 e.